The minimum Gasteiger partial charge on any atom is -0.508 e. The first-order valence-electron chi connectivity index (χ1n) is 5.68. The number of carbonyl (C=O) groups is 2. The van der Waals surface area contributed by atoms with Crippen LogP contribution in [0.5, 0.6) is 5.75 Å². The van der Waals surface area contributed by atoms with Crippen LogP contribution in [0.4, 0.5) is 0 Å². The zero-order valence-corrected chi connectivity index (χ0v) is 9.77. The summed E-state index contributed by atoms with van der Waals surface area (Å²) in [7, 11) is 0. The van der Waals surface area contributed by atoms with E-state index in [9.17, 15) is 14.7 Å². The number of ketones is 1. The summed E-state index contributed by atoms with van der Waals surface area (Å²) in [5, 5.41) is 9.56. The third kappa shape index (κ3) is 2.46. The van der Waals surface area contributed by atoms with Gasteiger partial charge in [0.1, 0.15) is 11.5 Å². The number of piperidine rings is 1. The SMILES string of the molecule is Cc1ccc(C(=O)N2CCC(=O)CC2)cc1O. The van der Waals surface area contributed by atoms with E-state index in [0.29, 0.717) is 31.5 Å². The van der Waals surface area contributed by atoms with E-state index in [-0.39, 0.29) is 17.4 Å². The third-order valence-corrected chi connectivity index (χ3v) is 3.06. The molecule has 0 radical (unpaired) electrons. The molecule has 1 aromatic rings. The maximum Gasteiger partial charge on any atom is 0.254 e. The van der Waals surface area contributed by atoms with Crippen molar-refractivity contribution in [2.75, 3.05) is 13.1 Å². The number of amides is 1. The molecule has 17 heavy (non-hydrogen) atoms. The van der Waals surface area contributed by atoms with Gasteiger partial charge >= 0.3 is 0 Å². The van der Waals surface area contributed by atoms with E-state index in [2.05, 4.69) is 0 Å². The summed E-state index contributed by atoms with van der Waals surface area (Å²) < 4.78 is 0. The van der Waals surface area contributed by atoms with Crippen molar-refractivity contribution < 1.29 is 14.7 Å². The lowest BCUT2D eigenvalue weighted by molar-refractivity contribution is -0.120. The van der Waals surface area contributed by atoms with Crippen molar-refractivity contribution in [3.8, 4) is 5.75 Å². The van der Waals surface area contributed by atoms with E-state index < -0.39 is 0 Å². The Bertz CT molecular complexity index is 458. The molecular formula is C13H15NO3. The van der Waals surface area contributed by atoms with Gasteiger partial charge in [-0.3, -0.25) is 9.59 Å². The largest absolute Gasteiger partial charge is 0.508 e. The Morgan fingerprint density at radius 2 is 1.94 bits per heavy atom. The smallest absolute Gasteiger partial charge is 0.254 e. The van der Waals surface area contributed by atoms with Gasteiger partial charge < -0.3 is 10.0 Å². The van der Waals surface area contributed by atoms with Crippen LogP contribution in [-0.4, -0.2) is 34.8 Å². The van der Waals surface area contributed by atoms with Crippen LogP contribution in [0.1, 0.15) is 28.8 Å². The number of nitrogens with zero attached hydrogens (tertiary/aromatic N) is 1. The molecule has 1 heterocycles. The molecule has 1 N–H and O–H groups in total. The lowest BCUT2D eigenvalue weighted by Crippen LogP contribution is -2.38. The van der Waals surface area contributed by atoms with Gasteiger partial charge in [-0.05, 0) is 24.6 Å². The minimum absolute atomic E-state index is 0.118. The number of phenolic OH excluding ortho intramolecular Hbond substituents is 1. The molecule has 4 heteroatoms. The average Bonchev–Trinajstić information content (AvgIpc) is 2.33. The summed E-state index contributed by atoms with van der Waals surface area (Å²) in [4.78, 5) is 24.8. The highest BCUT2D eigenvalue weighted by Crippen LogP contribution is 2.19. The highest BCUT2D eigenvalue weighted by atomic mass is 16.3. The molecule has 2 rings (SSSR count). The van der Waals surface area contributed by atoms with Gasteiger partial charge in [0.15, 0.2) is 0 Å². The van der Waals surface area contributed by atoms with Crippen molar-refractivity contribution in [3.63, 3.8) is 0 Å². The Hall–Kier alpha value is -1.84. The standard InChI is InChI=1S/C13H15NO3/c1-9-2-3-10(8-12(9)16)13(17)14-6-4-11(15)5-7-14/h2-3,8,16H,4-7H2,1H3. The third-order valence-electron chi connectivity index (χ3n) is 3.06. The van der Waals surface area contributed by atoms with Gasteiger partial charge in [-0.25, -0.2) is 0 Å². The molecule has 1 amide bonds. The number of phenols is 1. The molecule has 0 saturated carbocycles. The second-order valence-electron chi connectivity index (χ2n) is 4.33. The number of likely N-dealkylation sites (tertiary alicyclic amines) is 1. The van der Waals surface area contributed by atoms with E-state index in [4.69, 9.17) is 0 Å². The molecule has 1 aliphatic rings. The van der Waals surface area contributed by atoms with Gasteiger partial charge in [-0.15, -0.1) is 0 Å². The summed E-state index contributed by atoms with van der Waals surface area (Å²) in [6.07, 6.45) is 0.868. The number of benzene rings is 1. The zero-order valence-electron chi connectivity index (χ0n) is 9.77. The molecule has 1 saturated heterocycles. The maximum atomic E-state index is 12.1. The number of hydrogen-bond acceptors (Lipinski definition) is 3. The molecule has 0 aliphatic carbocycles. The van der Waals surface area contributed by atoms with Crippen LogP contribution in [0.15, 0.2) is 18.2 Å². The summed E-state index contributed by atoms with van der Waals surface area (Å²) in [5.41, 5.74) is 1.22. The molecule has 1 aromatic carbocycles. The maximum absolute atomic E-state index is 12.1. The molecular weight excluding hydrogens is 218 g/mol. The first kappa shape index (κ1) is 11.6. The summed E-state index contributed by atoms with van der Waals surface area (Å²) >= 11 is 0. The lowest BCUT2D eigenvalue weighted by atomic mass is 10.1. The van der Waals surface area contributed by atoms with E-state index >= 15 is 0 Å². The summed E-state index contributed by atoms with van der Waals surface area (Å²) in [6, 6.07) is 4.90. The van der Waals surface area contributed by atoms with Crippen molar-refractivity contribution in [2.24, 2.45) is 0 Å². The normalized spacial score (nSPS) is 16.1. The number of rotatable bonds is 1. The molecule has 0 bridgehead atoms. The van der Waals surface area contributed by atoms with Gasteiger partial charge in [0.05, 0.1) is 0 Å². The monoisotopic (exact) mass is 233 g/mol. The second kappa shape index (κ2) is 4.57. The predicted octanol–water partition coefficient (Wildman–Crippen LogP) is 1.51. The van der Waals surface area contributed by atoms with Crippen molar-refractivity contribution in [1.82, 2.24) is 4.90 Å². The molecule has 0 unspecified atom stereocenters. The van der Waals surface area contributed by atoms with E-state index in [1.807, 2.05) is 0 Å². The van der Waals surface area contributed by atoms with Crippen LogP contribution in [0.2, 0.25) is 0 Å². The number of carbonyl (C=O) groups excluding carboxylic acids is 2. The fraction of sp³-hybridized carbons (Fsp3) is 0.385. The van der Waals surface area contributed by atoms with E-state index in [0.717, 1.165) is 5.56 Å². The number of hydrogen-bond donors (Lipinski definition) is 1. The Morgan fingerprint density at radius 1 is 1.29 bits per heavy atom. The Balaban J connectivity index is 2.14. The van der Waals surface area contributed by atoms with Crippen LogP contribution >= 0.6 is 0 Å². The summed E-state index contributed by atoms with van der Waals surface area (Å²) in [6.45, 7) is 2.74. The van der Waals surface area contributed by atoms with Gasteiger partial charge in [-0.1, -0.05) is 6.07 Å². The molecule has 0 atom stereocenters. The lowest BCUT2D eigenvalue weighted by Gasteiger charge is -2.26. The number of Topliss-reactive ketones (excluding diaryl/α,β-unsaturated/α-hetero) is 1. The van der Waals surface area contributed by atoms with Crippen molar-refractivity contribution >= 4 is 11.7 Å². The Kier molecular flexibility index (Phi) is 3.13. The van der Waals surface area contributed by atoms with E-state index in [1.165, 1.54) is 6.07 Å². The van der Waals surface area contributed by atoms with Crippen molar-refractivity contribution in [2.45, 2.75) is 19.8 Å². The number of aromatic hydroxyl groups is 1. The van der Waals surface area contributed by atoms with Gasteiger partial charge in [-0.2, -0.15) is 0 Å². The molecule has 1 fully saturated rings. The second-order valence-corrected chi connectivity index (χ2v) is 4.33. The van der Waals surface area contributed by atoms with Crippen LogP contribution in [0.25, 0.3) is 0 Å². The number of aryl methyl sites for hydroxylation is 1. The zero-order chi connectivity index (χ0) is 12.4. The Labute approximate surface area is 99.9 Å². The van der Waals surface area contributed by atoms with Gasteiger partial charge in [0.2, 0.25) is 0 Å². The van der Waals surface area contributed by atoms with Crippen molar-refractivity contribution in [3.05, 3.63) is 29.3 Å². The molecule has 0 aromatic heterocycles. The molecule has 4 nitrogen and oxygen atoms in total. The fourth-order valence-electron chi connectivity index (χ4n) is 1.88. The highest BCUT2D eigenvalue weighted by Gasteiger charge is 2.22. The average molecular weight is 233 g/mol. The first-order chi connectivity index (χ1) is 8.08. The van der Waals surface area contributed by atoms with Crippen molar-refractivity contribution in [1.29, 1.82) is 0 Å². The molecule has 90 valence electrons. The molecule has 0 spiro atoms. The van der Waals surface area contributed by atoms with Crippen LogP contribution in [0, 0.1) is 6.92 Å². The quantitative estimate of drug-likeness (QED) is 0.799. The van der Waals surface area contributed by atoms with Crippen LogP contribution in [0.3, 0.4) is 0 Å². The Morgan fingerprint density at radius 3 is 2.53 bits per heavy atom. The van der Waals surface area contributed by atoms with Gasteiger partial charge in [0.25, 0.3) is 5.91 Å². The topological polar surface area (TPSA) is 57.6 Å². The minimum atomic E-state index is -0.118. The van der Waals surface area contributed by atoms with Gasteiger partial charge in [0, 0.05) is 31.5 Å². The van der Waals surface area contributed by atoms with Crippen LogP contribution in [-0.2, 0) is 4.79 Å². The summed E-state index contributed by atoms with van der Waals surface area (Å²) in [5.74, 6) is 0.220. The molecule has 1 aliphatic heterocycles. The van der Waals surface area contributed by atoms with E-state index in [1.54, 1.807) is 24.0 Å². The predicted molar refractivity (Wildman–Crippen MR) is 63.0 cm³/mol. The van der Waals surface area contributed by atoms with Crippen LogP contribution < -0.4 is 0 Å². The highest BCUT2D eigenvalue weighted by molar-refractivity contribution is 5.95. The fourth-order valence-corrected chi connectivity index (χ4v) is 1.88. The first-order valence-corrected chi connectivity index (χ1v) is 5.68.